The maximum Gasteiger partial charge on any atom is 0.253 e. The summed E-state index contributed by atoms with van der Waals surface area (Å²) >= 11 is 0. The molecule has 1 aliphatic carbocycles. The third-order valence-electron chi connectivity index (χ3n) is 3.84. The number of benzene rings is 1. The lowest BCUT2D eigenvalue weighted by atomic mass is 10.1. The summed E-state index contributed by atoms with van der Waals surface area (Å²) in [6.45, 7) is 6.91. The Morgan fingerprint density at radius 2 is 2.15 bits per heavy atom. The Labute approximate surface area is 121 Å². The highest BCUT2D eigenvalue weighted by atomic mass is 16.1. The number of nitrogens with zero attached hydrogens (tertiary/aromatic N) is 1. The summed E-state index contributed by atoms with van der Waals surface area (Å²) in [5.74, 6) is 0.00111. The first-order valence-corrected chi connectivity index (χ1v) is 7.46. The fourth-order valence-electron chi connectivity index (χ4n) is 2.51. The van der Waals surface area contributed by atoms with E-state index < -0.39 is 0 Å². The van der Waals surface area contributed by atoms with E-state index >= 15 is 0 Å². The lowest BCUT2D eigenvalue weighted by Gasteiger charge is -2.20. The molecular formula is C16H25N3O. The third kappa shape index (κ3) is 3.73. The number of likely N-dealkylation sites (N-methyl/N-ethyl adjacent to an activating group) is 1. The first-order chi connectivity index (χ1) is 9.65. The van der Waals surface area contributed by atoms with Crippen LogP contribution in [0.2, 0.25) is 0 Å². The topological polar surface area (TPSA) is 44.4 Å². The molecule has 0 heterocycles. The van der Waals surface area contributed by atoms with Gasteiger partial charge in [-0.1, -0.05) is 13.0 Å². The van der Waals surface area contributed by atoms with E-state index in [2.05, 4.69) is 22.5 Å². The van der Waals surface area contributed by atoms with Crippen molar-refractivity contribution in [2.45, 2.75) is 32.7 Å². The number of hydrogen-bond acceptors (Lipinski definition) is 3. The average molecular weight is 275 g/mol. The number of nitrogens with one attached hydrogen (secondary N) is 2. The summed E-state index contributed by atoms with van der Waals surface area (Å²) in [5.41, 5.74) is 2.75. The molecule has 0 radical (unpaired) electrons. The smallest absolute Gasteiger partial charge is 0.253 e. The van der Waals surface area contributed by atoms with Crippen LogP contribution in [0.3, 0.4) is 0 Å². The Morgan fingerprint density at radius 3 is 2.75 bits per heavy atom. The molecule has 0 bridgehead atoms. The fourth-order valence-corrected chi connectivity index (χ4v) is 2.51. The molecule has 4 nitrogen and oxygen atoms in total. The molecule has 1 amide bonds. The van der Waals surface area contributed by atoms with Crippen LogP contribution in [0.5, 0.6) is 0 Å². The van der Waals surface area contributed by atoms with E-state index in [9.17, 15) is 4.79 Å². The number of carbonyl (C=O) groups excluding carboxylic acids is 1. The van der Waals surface area contributed by atoms with E-state index in [0.29, 0.717) is 12.1 Å². The quantitative estimate of drug-likeness (QED) is 0.802. The molecule has 2 N–H and O–H groups in total. The number of anilines is 1. The molecule has 1 fully saturated rings. The van der Waals surface area contributed by atoms with Crippen LogP contribution in [-0.2, 0) is 0 Å². The van der Waals surface area contributed by atoms with Crippen LogP contribution in [0.1, 0.15) is 35.7 Å². The van der Waals surface area contributed by atoms with Gasteiger partial charge in [-0.2, -0.15) is 0 Å². The van der Waals surface area contributed by atoms with Gasteiger partial charge in [0.1, 0.15) is 0 Å². The monoisotopic (exact) mass is 275 g/mol. The van der Waals surface area contributed by atoms with Crippen LogP contribution < -0.4 is 10.6 Å². The fraction of sp³-hybridized carbons (Fsp3) is 0.562. The van der Waals surface area contributed by atoms with E-state index in [1.165, 1.54) is 12.8 Å². The molecule has 0 atom stereocenters. The third-order valence-corrected chi connectivity index (χ3v) is 3.84. The summed E-state index contributed by atoms with van der Waals surface area (Å²) in [4.78, 5) is 14.7. The summed E-state index contributed by atoms with van der Waals surface area (Å²) in [7, 11) is 1.84. The standard InChI is InChI=1S/C16H25N3O/c1-4-19(13-6-7-13)10-9-18-16(20)14-8-5-12(2)11-15(14)17-3/h5,8,11,13,17H,4,6-7,9-10H2,1-3H3,(H,18,20). The number of rotatable bonds is 7. The van der Waals surface area contributed by atoms with Gasteiger partial charge >= 0.3 is 0 Å². The molecule has 1 saturated carbocycles. The first-order valence-electron chi connectivity index (χ1n) is 7.46. The SMILES string of the molecule is CCN(CCNC(=O)c1ccc(C)cc1NC)C1CC1. The second kappa shape index (κ2) is 6.75. The van der Waals surface area contributed by atoms with Crippen molar-refractivity contribution in [3.63, 3.8) is 0 Å². The minimum Gasteiger partial charge on any atom is -0.387 e. The summed E-state index contributed by atoms with van der Waals surface area (Å²) < 4.78 is 0. The van der Waals surface area contributed by atoms with Gasteiger partial charge in [0.2, 0.25) is 0 Å². The van der Waals surface area contributed by atoms with Crippen molar-refractivity contribution >= 4 is 11.6 Å². The predicted octanol–water partition coefficient (Wildman–Crippen LogP) is 2.25. The molecule has 0 saturated heterocycles. The van der Waals surface area contributed by atoms with Crippen LogP contribution in [0, 0.1) is 6.92 Å². The van der Waals surface area contributed by atoms with E-state index in [0.717, 1.165) is 30.4 Å². The molecular weight excluding hydrogens is 250 g/mol. The summed E-state index contributed by atoms with van der Waals surface area (Å²) in [6.07, 6.45) is 2.62. The Morgan fingerprint density at radius 1 is 1.40 bits per heavy atom. The maximum absolute atomic E-state index is 12.2. The van der Waals surface area contributed by atoms with Crippen LogP contribution in [0.15, 0.2) is 18.2 Å². The largest absolute Gasteiger partial charge is 0.387 e. The minimum atomic E-state index is 0.00111. The lowest BCUT2D eigenvalue weighted by Crippen LogP contribution is -2.36. The van der Waals surface area contributed by atoms with Crippen molar-refractivity contribution in [1.29, 1.82) is 0 Å². The number of aryl methyl sites for hydroxylation is 1. The van der Waals surface area contributed by atoms with Crippen molar-refractivity contribution in [3.05, 3.63) is 29.3 Å². The molecule has 1 aromatic carbocycles. The zero-order valence-corrected chi connectivity index (χ0v) is 12.7. The van der Waals surface area contributed by atoms with Crippen LogP contribution in [-0.4, -0.2) is 43.5 Å². The van der Waals surface area contributed by atoms with E-state index in [1.807, 2.05) is 32.2 Å². The van der Waals surface area contributed by atoms with Gasteiger partial charge in [0.15, 0.2) is 0 Å². The molecule has 1 aromatic rings. The highest BCUT2D eigenvalue weighted by molar-refractivity contribution is 5.99. The van der Waals surface area contributed by atoms with Crippen LogP contribution in [0.25, 0.3) is 0 Å². The van der Waals surface area contributed by atoms with Gasteiger partial charge in [0, 0.05) is 31.9 Å². The highest BCUT2D eigenvalue weighted by Gasteiger charge is 2.27. The predicted molar refractivity (Wildman–Crippen MR) is 83.3 cm³/mol. The Kier molecular flexibility index (Phi) is 5.01. The van der Waals surface area contributed by atoms with E-state index in [4.69, 9.17) is 0 Å². The summed E-state index contributed by atoms with van der Waals surface area (Å²) in [6, 6.07) is 6.61. The molecule has 20 heavy (non-hydrogen) atoms. The van der Waals surface area contributed by atoms with Gasteiger partial charge < -0.3 is 10.6 Å². The van der Waals surface area contributed by atoms with Gasteiger partial charge in [0.25, 0.3) is 5.91 Å². The molecule has 110 valence electrons. The minimum absolute atomic E-state index is 0.00111. The van der Waals surface area contributed by atoms with Crippen molar-refractivity contribution in [2.24, 2.45) is 0 Å². The Hall–Kier alpha value is -1.55. The average Bonchev–Trinajstić information content (AvgIpc) is 3.27. The van der Waals surface area contributed by atoms with Gasteiger partial charge in [0.05, 0.1) is 5.56 Å². The van der Waals surface area contributed by atoms with Gasteiger partial charge in [-0.05, 0) is 44.0 Å². The Balaban J connectivity index is 1.88. The number of hydrogen-bond donors (Lipinski definition) is 2. The molecule has 0 unspecified atom stereocenters. The second-order valence-corrected chi connectivity index (χ2v) is 5.41. The maximum atomic E-state index is 12.2. The first kappa shape index (κ1) is 14.9. The van der Waals surface area contributed by atoms with E-state index in [-0.39, 0.29) is 5.91 Å². The molecule has 0 aromatic heterocycles. The Bertz CT molecular complexity index is 469. The molecule has 4 heteroatoms. The highest BCUT2D eigenvalue weighted by Crippen LogP contribution is 2.25. The van der Waals surface area contributed by atoms with Crippen molar-refractivity contribution in [1.82, 2.24) is 10.2 Å². The van der Waals surface area contributed by atoms with Crippen molar-refractivity contribution in [3.8, 4) is 0 Å². The molecule has 0 spiro atoms. The van der Waals surface area contributed by atoms with Crippen molar-refractivity contribution < 1.29 is 4.79 Å². The van der Waals surface area contributed by atoms with Crippen LogP contribution >= 0.6 is 0 Å². The van der Waals surface area contributed by atoms with E-state index in [1.54, 1.807) is 0 Å². The lowest BCUT2D eigenvalue weighted by molar-refractivity contribution is 0.0949. The number of amides is 1. The number of carbonyl (C=O) groups is 1. The molecule has 2 rings (SSSR count). The normalized spacial score (nSPS) is 14.4. The zero-order valence-electron chi connectivity index (χ0n) is 12.7. The summed E-state index contributed by atoms with van der Waals surface area (Å²) in [5, 5.41) is 6.10. The van der Waals surface area contributed by atoms with Gasteiger partial charge in [-0.25, -0.2) is 0 Å². The molecule has 0 aliphatic heterocycles. The van der Waals surface area contributed by atoms with Gasteiger partial charge in [-0.15, -0.1) is 0 Å². The second-order valence-electron chi connectivity index (χ2n) is 5.41. The molecule has 1 aliphatic rings. The van der Waals surface area contributed by atoms with Crippen molar-refractivity contribution in [2.75, 3.05) is 32.0 Å². The zero-order chi connectivity index (χ0) is 14.5. The van der Waals surface area contributed by atoms with Crippen LogP contribution in [0.4, 0.5) is 5.69 Å². The van der Waals surface area contributed by atoms with Gasteiger partial charge in [-0.3, -0.25) is 9.69 Å².